The molecule has 6 heteroatoms. The lowest BCUT2D eigenvalue weighted by Crippen LogP contribution is -2.42. The summed E-state index contributed by atoms with van der Waals surface area (Å²) < 4.78 is 6.60. The van der Waals surface area contributed by atoms with Gasteiger partial charge in [-0.1, -0.05) is 6.42 Å². The minimum Gasteiger partial charge on any atom is -0.484 e. The van der Waals surface area contributed by atoms with E-state index in [-0.39, 0.29) is 31.0 Å². The van der Waals surface area contributed by atoms with E-state index >= 15 is 0 Å². The van der Waals surface area contributed by atoms with Gasteiger partial charge in [-0.15, -0.1) is 12.4 Å². The normalized spacial score (nSPS) is 21.1. The number of hydrogen-bond acceptors (Lipinski definition) is 3. The molecule has 0 bridgehead atoms. The van der Waals surface area contributed by atoms with Crippen molar-refractivity contribution in [1.82, 2.24) is 5.32 Å². The molecule has 1 saturated carbocycles. The highest BCUT2D eigenvalue weighted by Gasteiger charge is 2.27. The number of ether oxygens (including phenoxy) is 1. The molecule has 0 heterocycles. The Morgan fingerprint density at radius 2 is 2.05 bits per heavy atom. The lowest BCUT2D eigenvalue weighted by atomic mass is 10.0. The van der Waals surface area contributed by atoms with Crippen molar-refractivity contribution in [3.63, 3.8) is 0 Å². The molecule has 0 aliphatic heterocycles. The van der Waals surface area contributed by atoms with Crippen LogP contribution in [0.4, 0.5) is 0 Å². The average molecular weight is 411 g/mol. The van der Waals surface area contributed by atoms with Gasteiger partial charge in [-0.3, -0.25) is 4.79 Å². The third-order valence-corrected chi connectivity index (χ3v) is 4.21. The number of carbonyl (C=O) groups is 1. The highest BCUT2D eigenvalue weighted by atomic mass is 127. The predicted molar refractivity (Wildman–Crippen MR) is 90.2 cm³/mol. The van der Waals surface area contributed by atoms with Gasteiger partial charge in [0.15, 0.2) is 6.61 Å². The second-order valence-corrected chi connectivity index (χ2v) is 6.09. The number of rotatable bonds is 5. The molecule has 1 fully saturated rings. The highest BCUT2D eigenvalue weighted by molar-refractivity contribution is 14.1. The monoisotopic (exact) mass is 410 g/mol. The van der Waals surface area contributed by atoms with Gasteiger partial charge in [-0.25, -0.2) is 0 Å². The van der Waals surface area contributed by atoms with Crippen LogP contribution >= 0.6 is 35.0 Å². The van der Waals surface area contributed by atoms with E-state index in [1.165, 1.54) is 0 Å². The van der Waals surface area contributed by atoms with Crippen molar-refractivity contribution in [2.45, 2.75) is 25.3 Å². The molecule has 1 aliphatic carbocycles. The number of nitrogens with two attached hydrogens (primary N) is 1. The Kier molecular flexibility index (Phi) is 7.61. The van der Waals surface area contributed by atoms with Gasteiger partial charge < -0.3 is 15.8 Å². The fourth-order valence-electron chi connectivity index (χ4n) is 2.44. The summed E-state index contributed by atoms with van der Waals surface area (Å²) in [6.45, 7) is 0.706. The van der Waals surface area contributed by atoms with Gasteiger partial charge in [0.25, 0.3) is 5.91 Å². The summed E-state index contributed by atoms with van der Waals surface area (Å²) in [4.78, 5) is 11.8. The molecule has 112 valence electrons. The topological polar surface area (TPSA) is 64.3 Å². The zero-order valence-corrected chi connectivity index (χ0v) is 14.2. The first-order valence-electron chi connectivity index (χ1n) is 6.57. The van der Waals surface area contributed by atoms with Crippen LogP contribution in [0.5, 0.6) is 5.75 Å². The van der Waals surface area contributed by atoms with Crippen LogP contribution in [0, 0.1) is 9.49 Å². The van der Waals surface area contributed by atoms with Crippen molar-refractivity contribution in [1.29, 1.82) is 0 Å². The van der Waals surface area contributed by atoms with Crippen molar-refractivity contribution in [2.24, 2.45) is 11.7 Å². The van der Waals surface area contributed by atoms with E-state index in [1.807, 2.05) is 24.3 Å². The van der Waals surface area contributed by atoms with Gasteiger partial charge in [0.05, 0.1) is 0 Å². The molecule has 0 spiro atoms. The summed E-state index contributed by atoms with van der Waals surface area (Å²) in [5.74, 6) is 1.07. The molecule has 0 radical (unpaired) electrons. The van der Waals surface area contributed by atoms with Gasteiger partial charge >= 0.3 is 0 Å². The Morgan fingerprint density at radius 3 is 2.70 bits per heavy atom. The minimum atomic E-state index is -0.0658. The summed E-state index contributed by atoms with van der Waals surface area (Å²) in [5.41, 5.74) is 5.70. The fourth-order valence-corrected chi connectivity index (χ4v) is 2.80. The summed E-state index contributed by atoms with van der Waals surface area (Å²) in [6.07, 6.45) is 3.28. The number of hydrogen-bond donors (Lipinski definition) is 2. The molecular weight excluding hydrogens is 391 g/mol. The Bertz CT molecular complexity index is 428. The first-order chi connectivity index (χ1) is 9.19. The van der Waals surface area contributed by atoms with E-state index in [0.29, 0.717) is 12.5 Å². The van der Waals surface area contributed by atoms with Crippen LogP contribution in [0.2, 0.25) is 0 Å². The Morgan fingerprint density at radius 1 is 1.35 bits per heavy atom. The maximum Gasteiger partial charge on any atom is 0.258 e. The van der Waals surface area contributed by atoms with Crippen LogP contribution in [0.15, 0.2) is 24.3 Å². The molecule has 4 nitrogen and oxygen atoms in total. The molecule has 2 unspecified atom stereocenters. The number of carbonyl (C=O) groups excluding carboxylic acids is 1. The first kappa shape index (κ1) is 17.5. The highest BCUT2D eigenvalue weighted by Crippen LogP contribution is 2.24. The van der Waals surface area contributed by atoms with Gasteiger partial charge in [-0.05, 0) is 72.2 Å². The van der Waals surface area contributed by atoms with Gasteiger partial charge in [0.1, 0.15) is 5.75 Å². The molecule has 1 aromatic rings. The second kappa shape index (κ2) is 8.69. The summed E-state index contributed by atoms with van der Waals surface area (Å²) >= 11 is 2.23. The standard InChI is InChI=1S/C14H19IN2O2.ClH/c15-11-4-6-12(7-5-11)19-9-14(18)17-13-3-1-2-10(13)8-16;/h4-7,10,13H,1-3,8-9,16H2,(H,17,18);1H. The Balaban J connectivity index is 0.00000200. The van der Waals surface area contributed by atoms with Crippen LogP contribution in [0.3, 0.4) is 0 Å². The van der Waals surface area contributed by atoms with E-state index in [9.17, 15) is 4.79 Å². The Hall–Kier alpha value is -0.530. The molecular formula is C14H20ClIN2O2. The Labute approximate surface area is 139 Å². The summed E-state index contributed by atoms with van der Waals surface area (Å²) in [6, 6.07) is 7.86. The molecule has 2 atom stereocenters. The molecule has 2 rings (SSSR count). The van der Waals surface area contributed by atoms with E-state index in [0.717, 1.165) is 28.6 Å². The SMILES string of the molecule is Cl.NCC1CCCC1NC(=O)COc1ccc(I)cc1. The summed E-state index contributed by atoms with van der Waals surface area (Å²) in [7, 11) is 0. The van der Waals surface area contributed by atoms with Gasteiger partial charge in [-0.2, -0.15) is 0 Å². The maximum absolute atomic E-state index is 11.8. The van der Waals surface area contributed by atoms with Crippen molar-refractivity contribution in [3.05, 3.63) is 27.8 Å². The lowest BCUT2D eigenvalue weighted by molar-refractivity contribution is -0.124. The predicted octanol–water partition coefficient (Wildman–Crippen LogP) is 2.34. The fraction of sp³-hybridized carbons (Fsp3) is 0.500. The zero-order valence-electron chi connectivity index (χ0n) is 11.2. The van der Waals surface area contributed by atoms with Gasteiger partial charge in [0, 0.05) is 9.61 Å². The number of amides is 1. The molecule has 0 saturated heterocycles. The first-order valence-corrected chi connectivity index (χ1v) is 7.64. The van der Waals surface area contributed by atoms with E-state index < -0.39 is 0 Å². The third-order valence-electron chi connectivity index (χ3n) is 3.49. The van der Waals surface area contributed by atoms with Crippen molar-refractivity contribution in [2.75, 3.05) is 13.2 Å². The smallest absolute Gasteiger partial charge is 0.258 e. The molecule has 1 aromatic carbocycles. The quantitative estimate of drug-likeness (QED) is 0.732. The number of halogens is 2. The van der Waals surface area contributed by atoms with Crippen LogP contribution in [-0.2, 0) is 4.79 Å². The average Bonchev–Trinajstić information content (AvgIpc) is 2.85. The number of benzene rings is 1. The van der Waals surface area contributed by atoms with Crippen LogP contribution in [0.1, 0.15) is 19.3 Å². The molecule has 1 aliphatic rings. The second-order valence-electron chi connectivity index (χ2n) is 4.84. The lowest BCUT2D eigenvalue weighted by Gasteiger charge is -2.19. The maximum atomic E-state index is 11.8. The third kappa shape index (κ3) is 5.10. The largest absolute Gasteiger partial charge is 0.484 e. The number of nitrogens with one attached hydrogen (secondary N) is 1. The van der Waals surface area contributed by atoms with E-state index in [4.69, 9.17) is 10.5 Å². The molecule has 0 aromatic heterocycles. The van der Waals surface area contributed by atoms with Crippen molar-refractivity contribution in [3.8, 4) is 5.75 Å². The van der Waals surface area contributed by atoms with Gasteiger partial charge in [0.2, 0.25) is 0 Å². The minimum absolute atomic E-state index is 0. The van der Waals surface area contributed by atoms with Crippen LogP contribution < -0.4 is 15.8 Å². The van der Waals surface area contributed by atoms with Crippen LogP contribution in [0.25, 0.3) is 0 Å². The van der Waals surface area contributed by atoms with Crippen LogP contribution in [-0.4, -0.2) is 25.1 Å². The molecule has 20 heavy (non-hydrogen) atoms. The molecule has 1 amide bonds. The molecule has 3 N–H and O–H groups in total. The van der Waals surface area contributed by atoms with E-state index in [1.54, 1.807) is 0 Å². The van der Waals surface area contributed by atoms with Crippen molar-refractivity contribution >= 4 is 40.9 Å². The van der Waals surface area contributed by atoms with Crippen molar-refractivity contribution < 1.29 is 9.53 Å². The zero-order chi connectivity index (χ0) is 13.7. The van der Waals surface area contributed by atoms with E-state index in [2.05, 4.69) is 27.9 Å². The summed E-state index contributed by atoms with van der Waals surface area (Å²) in [5, 5.41) is 3.02.